The van der Waals surface area contributed by atoms with Crippen molar-refractivity contribution in [2.75, 3.05) is 0 Å². The second-order valence-electron chi connectivity index (χ2n) is 4.03. The first-order valence-corrected chi connectivity index (χ1v) is 7.57. The summed E-state index contributed by atoms with van der Waals surface area (Å²) in [5.41, 5.74) is 1.69. The molecule has 0 unspecified atom stereocenters. The number of aryl methyl sites for hydroxylation is 1. The van der Waals surface area contributed by atoms with Crippen LogP contribution in [0.2, 0.25) is 0 Å². The molecule has 0 saturated carbocycles. The van der Waals surface area contributed by atoms with Gasteiger partial charge in [-0.25, -0.2) is 4.39 Å². The van der Waals surface area contributed by atoms with E-state index in [4.69, 9.17) is 0 Å². The van der Waals surface area contributed by atoms with Crippen molar-refractivity contribution in [1.82, 2.24) is 5.32 Å². The molecule has 1 aromatic heterocycles. The zero-order chi connectivity index (χ0) is 13.8. The van der Waals surface area contributed by atoms with Crippen molar-refractivity contribution in [3.63, 3.8) is 0 Å². The number of hydrogen-bond donors (Lipinski definition) is 1. The van der Waals surface area contributed by atoms with E-state index >= 15 is 0 Å². The fourth-order valence-electron chi connectivity index (χ4n) is 1.77. The summed E-state index contributed by atoms with van der Waals surface area (Å²) in [5, 5.41) is 4.88. The molecule has 1 heterocycles. The Morgan fingerprint density at radius 1 is 1.42 bits per heavy atom. The Bertz CT molecular complexity index is 597. The van der Waals surface area contributed by atoms with Gasteiger partial charge >= 0.3 is 0 Å². The highest BCUT2D eigenvalue weighted by molar-refractivity contribution is 9.10. The van der Waals surface area contributed by atoms with Gasteiger partial charge in [-0.15, -0.1) is 11.3 Å². The predicted octanol–water partition coefficient (Wildman–Crippen LogP) is 4.14. The first-order chi connectivity index (χ1) is 9.11. The van der Waals surface area contributed by atoms with Crippen LogP contribution < -0.4 is 5.32 Å². The van der Waals surface area contributed by atoms with Crippen molar-refractivity contribution < 1.29 is 9.18 Å². The Kier molecular flexibility index (Phi) is 4.71. The lowest BCUT2D eigenvalue weighted by Gasteiger charge is -2.07. The summed E-state index contributed by atoms with van der Waals surface area (Å²) in [6, 6.07) is 6.11. The van der Waals surface area contributed by atoms with Crippen LogP contribution in [0.3, 0.4) is 0 Å². The molecule has 2 rings (SSSR count). The molecule has 100 valence electrons. The van der Waals surface area contributed by atoms with Crippen LogP contribution in [0.25, 0.3) is 0 Å². The van der Waals surface area contributed by atoms with Gasteiger partial charge in [-0.3, -0.25) is 4.79 Å². The lowest BCUT2D eigenvalue weighted by atomic mass is 10.2. The zero-order valence-electron chi connectivity index (χ0n) is 10.4. The number of benzene rings is 1. The molecule has 0 radical (unpaired) electrons. The van der Waals surface area contributed by atoms with E-state index in [0.717, 1.165) is 11.3 Å². The molecule has 0 aliphatic rings. The number of carbonyl (C=O) groups excluding carboxylic acids is 1. The molecule has 0 bridgehead atoms. The second-order valence-corrected chi connectivity index (χ2v) is 5.88. The van der Waals surface area contributed by atoms with Gasteiger partial charge in [0.2, 0.25) is 0 Å². The smallest absolute Gasteiger partial charge is 0.252 e. The number of amides is 1. The molecule has 0 atom stereocenters. The number of thiophene rings is 1. The molecule has 1 aromatic carbocycles. The van der Waals surface area contributed by atoms with Crippen molar-refractivity contribution in [2.24, 2.45) is 0 Å². The van der Waals surface area contributed by atoms with Crippen molar-refractivity contribution >= 4 is 33.2 Å². The summed E-state index contributed by atoms with van der Waals surface area (Å²) in [7, 11) is 0. The molecule has 0 aliphatic carbocycles. The number of hydrogen-bond acceptors (Lipinski definition) is 2. The number of nitrogens with one attached hydrogen (secondary N) is 1. The third-order valence-corrected chi connectivity index (χ3v) is 4.42. The summed E-state index contributed by atoms with van der Waals surface area (Å²) in [4.78, 5) is 13.2. The standard InChI is InChI=1S/C14H13BrFNOS/c1-2-9-5-6-19-13(9)8-17-14(18)11-4-3-10(16)7-12(11)15/h3-7H,2,8H2,1H3,(H,17,18). The minimum Gasteiger partial charge on any atom is -0.347 e. The lowest BCUT2D eigenvalue weighted by Crippen LogP contribution is -2.23. The maximum absolute atomic E-state index is 13.0. The number of halogens is 2. The monoisotopic (exact) mass is 341 g/mol. The fourth-order valence-corrected chi connectivity index (χ4v) is 3.21. The molecule has 19 heavy (non-hydrogen) atoms. The summed E-state index contributed by atoms with van der Waals surface area (Å²) in [5.74, 6) is -0.572. The summed E-state index contributed by atoms with van der Waals surface area (Å²) < 4.78 is 13.4. The van der Waals surface area contributed by atoms with Gasteiger partial charge in [0, 0.05) is 9.35 Å². The average molecular weight is 342 g/mol. The predicted molar refractivity (Wildman–Crippen MR) is 79.0 cm³/mol. The van der Waals surface area contributed by atoms with Gasteiger partial charge in [-0.05, 0) is 57.6 Å². The normalized spacial score (nSPS) is 10.5. The zero-order valence-corrected chi connectivity index (χ0v) is 12.8. The van der Waals surface area contributed by atoms with Gasteiger partial charge in [0.25, 0.3) is 5.91 Å². The number of rotatable bonds is 4. The van der Waals surface area contributed by atoms with Gasteiger partial charge in [-0.1, -0.05) is 6.92 Å². The molecular weight excluding hydrogens is 329 g/mol. The van der Waals surface area contributed by atoms with E-state index in [-0.39, 0.29) is 11.7 Å². The van der Waals surface area contributed by atoms with Gasteiger partial charge in [0.15, 0.2) is 0 Å². The Balaban J connectivity index is 2.05. The van der Waals surface area contributed by atoms with Gasteiger partial charge in [0.1, 0.15) is 5.82 Å². The maximum Gasteiger partial charge on any atom is 0.252 e. The average Bonchev–Trinajstić information content (AvgIpc) is 2.83. The van der Waals surface area contributed by atoms with Gasteiger partial charge in [-0.2, -0.15) is 0 Å². The summed E-state index contributed by atoms with van der Waals surface area (Å²) in [6.45, 7) is 2.59. The van der Waals surface area contributed by atoms with E-state index in [1.807, 2.05) is 5.38 Å². The van der Waals surface area contributed by atoms with Gasteiger partial charge < -0.3 is 5.32 Å². The minimum atomic E-state index is -0.366. The Morgan fingerprint density at radius 3 is 2.89 bits per heavy atom. The quantitative estimate of drug-likeness (QED) is 0.889. The van der Waals surface area contributed by atoms with Crippen molar-refractivity contribution in [1.29, 1.82) is 0 Å². The van der Waals surface area contributed by atoms with E-state index in [9.17, 15) is 9.18 Å². The van der Waals surface area contributed by atoms with Crippen LogP contribution in [0.5, 0.6) is 0 Å². The van der Waals surface area contributed by atoms with Crippen LogP contribution in [0.1, 0.15) is 27.7 Å². The summed E-state index contributed by atoms with van der Waals surface area (Å²) >= 11 is 4.83. The van der Waals surface area contributed by atoms with Crippen LogP contribution in [0, 0.1) is 5.82 Å². The largest absolute Gasteiger partial charge is 0.347 e. The molecule has 0 fully saturated rings. The van der Waals surface area contributed by atoms with Crippen molar-refractivity contribution in [3.8, 4) is 0 Å². The van der Waals surface area contributed by atoms with Crippen molar-refractivity contribution in [2.45, 2.75) is 19.9 Å². The molecular formula is C14H13BrFNOS. The third kappa shape index (κ3) is 3.42. The first kappa shape index (κ1) is 14.2. The highest BCUT2D eigenvalue weighted by atomic mass is 79.9. The molecule has 1 amide bonds. The topological polar surface area (TPSA) is 29.1 Å². The number of carbonyl (C=O) groups is 1. The van der Waals surface area contributed by atoms with E-state index in [0.29, 0.717) is 16.6 Å². The highest BCUT2D eigenvalue weighted by Gasteiger charge is 2.11. The van der Waals surface area contributed by atoms with Crippen LogP contribution in [0.4, 0.5) is 4.39 Å². The highest BCUT2D eigenvalue weighted by Crippen LogP contribution is 2.19. The van der Waals surface area contributed by atoms with Crippen LogP contribution in [-0.2, 0) is 13.0 Å². The molecule has 0 aliphatic heterocycles. The maximum atomic E-state index is 13.0. The Hall–Kier alpha value is -1.20. The van der Waals surface area contributed by atoms with Crippen LogP contribution in [0.15, 0.2) is 34.1 Å². The fraction of sp³-hybridized carbons (Fsp3) is 0.214. The van der Waals surface area contributed by atoms with Crippen LogP contribution >= 0.6 is 27.3 Å². The molecule has 0 saturated heterocycles. The third-order valence-electron chi connectivity index (χ3n) is 2.80. The molecule has 2 aromatic rings. The SMILES string of the molecule is CCc1ccsc1CNC(=O)c1ccc(F)cc1Br. The van der Waals surface area contributed by atoms with Crippen LogP contribution in [-0.4, -0.2) is 5.91 Å². The van der Waals surface area contributed by atoms with E-state index in [2.05, 4.69) is 34.2 Å². The minimum absolute atomic E-state index is 0.206. The second kappa shape index (κ2) is 6.30. The van der Waals surface area contributed by atoms with Gasteiger partial charge in [0.05, 0.1) is 12.1 Å². The molecule has 1 N–H and O–H groups in total. The van der Waals surface area contributed by atoms with E-state index in [1.54, 1.807) is 11.3 Å². The Labute approximate surface area is 123 Å². The van der Waals surface area contributed by atoms with E-state index in [1.165, 1.54) is 23.8 Å². The molecule has 0 spiro atoms. The first-order valence-electron chi connectivity index (χ1n) is 5.90. The summed E-state index contributed by atoms with van der Waals surface area (Å²) in [6.07, 6.45) is 0.953. The lowest BCUT2D eigenvalue weighted by molar-refractivity contribution is 0.0950. The Morgan fingerprint density at radius 2 is 2.21 bits per heavy atom. The van der Waals surface area contributed by atoms with Crippen molar-refractivity contribution in [3.05, 3.63) is 55.9 Å². The molecule has 5 heteroatoms. The molecule has 2 nitrogen and oxygen atoms in total. The van der Waals surface area contributed by atoms with E-state index < -0.39 is 0 Å².